The van der Waals surface area contributed by atoms with E-state index in [1.165, 1.54) is 53.5 Å². The summed E-state index contributed by atoms with van der Waals surface area (Å²) in [6.45, 7) is 11.5. The highest BCUT2D eigenvalue weighted by Gasteiger charge is 2.40. The minimum Gasteiger partial charge on any atom is -0.342 e. The van der Waals surface area contributed by atoms with Gasteiger partial charge < -0.3 is 18.8 Å². The number of aromatic nitrogens is 2. The molecular weight excluding hydrogens is 1300 g/mol. The number of allylic oxidation sites excluding steroid dienone is 2. The lowest BCUT2D eigenvalue weighted by molar-refractivity contribution is -0.385. The predicted molar refractivity (Wildman–Crippen MR) is 372 cm³/mol. The van der Waals surface area contributed by atoms with Crippen LogP contribution in [0.2, 0.25) is 0 Å². The number of hydrogen-bond donors (Lipinski definition) is 0. The van der Waals surface area contributed by atoms with E-state index in [9.17, 15) is 59.1 Å². The van der Waals surface area contributed by atoms with Crippen LogP contribution in [0.15, 0.2) is 200 Å². The Morgan fingerprint density at radius 1 is 0.543 bits per heavy atom. The molecule has 4 aliphatic carbocycles. The van der Waals surface area contributed by atoms with Gasteiger partial charge >= 0.3 is 0 Å². The fourth-order valence-electron chi connectivity index (χ4n) is 12.7. The number of anilines is 1. The Hall–Kier alpha value is -9.89. The number of nitro benzene ring substituents is 3. The lowest BCUT2D eigenvalue weighted by Gasteiger charge is -2.34. The number of carbonyl (C=O) groups excluding carboxylic acids is 6. The normalized spacial score (nSPS) is 17.5. The summed E-state index contributed by atoms with van der Waals surface area (Å²) in [6.07, 6.45) is 13.8. The molecule has 3 heterocycles. The number of nitro groups is 3. The summed E-state index contributed by atoms with van der Waals surface area (Å²) >= 11 is 2.03. The molecule has 4 unspecified atom stereocenters. The maximum absolute atomic E-state index is 12.6. The van der Waals surface area contributed by atoms with Crippen LogP contribution >= 0.6 is 22.6 Å². The van der Waals surface area contributed by atoms with Gasteiger partial charge in [0.2, 0.25) is 0 Å². The summed E-state index contributed by atoms with van der Waals surface area (Å²) in [5.41, 5.74) is 12.0. The van der Waals surface area contributed by atoms with Crippen LogP contribution in [0.5, 0.6) is 0 Å². The first kappa shape index (κ1) is 70.0. The van der Waals surface area contributed by atoms with Crippen LogP contribution in [0.4, 0.5) is 22.7 Å². The number of rotatable bonds is 11. The smallest absolute Gasteiger partial charge is 0.270 e. The summed E-state index contributed by atoms with van der Waals surface area (Å²) in [5.74, 6) is 1.25. The van der Waals surface area contributed by atoms with Gasteiger partial charge in [0.05, 0.1) is 27.1 Å². The molecule has 2 saturated carbocycles. The molecule has 0 saturated heterocycles. The summed E-state index contributed by atoms with van der Waals surface area (Å²) in [4.78, 5) is 102. The van der Waals surface area contributed by atoms with Crippen LogP contribution in [-0.2, 0) is 32.0 Å². The van der Waals surface area contributed by atoms with Gasteiger partial charge in [-0.2, -0.15) is 0 Å². The van der Waals surface area contributed by atoms with Gasteiger partial charge in [-0.15, -0.1) is 6.58 Å². The number of nitrogens with zero attached hydrogens (tertiary/aromatic N) is 6. The minimum atomic E-state index is -0.499. The number of aryl methyl sites for hydroxylation is 2. The lowest BCUT2D eigenvalue weighted by Crippen LogP contribution is -2.39. The zero-order chi connectivity index (χ0) is 67.6. The van der Waals surface area contributed by atoms with Gasteiger partial charge in [-0.05, 0) is 167 Å². The molecule has 6 aromatic carbocycles. The van der Waals surface area contributed by atoms with E-state index in [2.05, 4.69) is 89.1 Å². The molecule has 5 aliphatic rings. The Morgan fingerprint density at radius 3 is 1.41 bits per heavy atom. The Labute approximate surface area is 560 Å². The van der Waals surface area contributed by atoms with Crippen molar-refractivity contribution < 1.29 is 43.5 Å². The lowest BCUT2D eigenvalue weighted by atomic mass is 9.83. The van der Waals surface area contributed by atoms with Crippen molar-refractivity contribution in [3.63, 3.8) is 0 Å². The topological polar surface area (TPSA) is 245 Å². The molecule has 8 aromatic rings. The summed E-state index contributed by atoms with van der Waals surface area (Å²) in [7, 11) is 0. The molecule has 18 nitrogen and oxygen atoms in total. The fourth-order valence-corrected chi connectivity index (χ4v) is 13.2. The van der Waals surface area contributed by atoms with E-state index in [-0.39, 0.29) is 70.2 Å². The third-order valence-corrected chi connectivity index (χ3v) is 17.6. The Morgan fingerprint density at radius 2 is 0.989 bits per heavy atom. The van der Waals surface area contributed by atoms with Crippen LogP contribution in [0.25, 0.3) is 22.5 Å². The highest BCUT2D eigenvalue weighted by Crippen LogP contribution is 2.39. The van der Waals surface area contributed by atoms with E-state index in [1.807, 2.05) is 96.3 Å². The molecule has 2 aromatic heterocycles. The number of carbonyl (C=O) groups is 6. The van der Waals surface area contributed by atoms with Gasteiger partial charge in [0.1, 0.15) is 23.1 Å². The van der Waals surface area contributed by atoms with Crippen LogP contribution < -0.4 is 4.90 Å². The number of benzene rings is 6. The molecule has 0 spiro atoms. The zero-order valence-corrected chi connectivity index (χ0v) is 55.2. The van der Waals surface area contributed by atoms with Gasteiger partial charge in [-0.1, -0.05) is 97.1 Å². The number of Topliss-reactive ketones (excluding diaryl/α,β-unsaturated/α-hetero) is 6. The average molecular weight is 1380 g/mol. The Balaban J connectivity index is 0.000000148. The summed E-state index contributed by atoms with van der Waals surface area (Å²) < 4.78 is 5.26. The number of para-hydroxylation sites is 3. The molecule has 0 radical (unpaired) electrons. The van der Waals surface area contributed by atoms with Crippen molar-refractivity contribution in [1.29, 1.82) is 0 Å². The van der Waals surface area contributed by atoms with Crippen molar-refractivity contribution in [2.24, 2.45) is 17.8 Å². The van der Waals surface area contributed by atoms with Crippen molar-refractivity contribution in [1.82, 2.24) is 9.13 Å². The van der Waals surface area contributed by atoms with Gasteiger partial charge in [0, 0.05) is 140 Å². The molecule has 19 heteroatoms. The van der Waals surface area contributed by atoms with Gasteiger partial charge in [-0.3, -0.25) is 54.3 Å². The first-order chi connectivity index (χ1) is 45.1. The SMILES string of the molecule is C=CCC1CCc2c(cc(C)n2-c2ccccc2)C1=O.CC(=O)CC1CCc2c(cc(C)n2-c2ccccc2)C1=O.CC1=CC2C(=O)CCCC2N1c1ccccc1.O=C1CCCC(=O)C1.O=[N+]([O-])c1cccc(-c2cccc([N+](=O)[O-])c2)c1.O=[N+]([O-])c1cccc(I)c1. The maximum Gasteiger partial charge on any atom is 0.270 e. The fraction of sp³-hybridized carbons (Fsp3) is 0.280. The summed E-state index contributed by atoms with van der Waals surface area (Å²) in [6, 6.07) is 53.6. The molecule has 94 heavy (non-hydrogen) atoms. The largest absolute Gasteiger partial charge is 0.342 e. The number of ketones is 6. The Bertz CT molecular complexity index is 4070. The van der Waals surface area contributed by atoms with Crippen molar-refractivity contribution in [3.8, 4) is 22.5 Å². The number of fused-ring (bicyclic) bond motifs is 3. The van der Waals surface area contributed by atoms with Gasteiger partial charge in [-0.25, -0.2) is 0 Å². The molecule has 0 N–H and O–H groups in total. The summed E-state index contributed by atoms with van der Waals surface area (Å²) in [5, 5.41) is 31.5. The van der Waals surface area contributed by atoms with E-state index in [1.54, 1.807) is 37.3 Å². The molecule has 0 amide bonds. The van der Waals surface area contributed by atoms with E-state index >= 15 is 0 Å². The Kier molecular flexibility index (Phi) is 24.6. The molecular formula is C75H75IN6O12. The minimum absolute atomic E-state index is 0.0426. The molecule has 484 valence electrons. The molecule has 0 bridgehead atoms. The van der Waals surface area contributed by atoms with E-state index in [0.29, 0.717) is 42.2 Å². The van der Waals surface area contributed by atoms with Crippen LogP contribution in [0.3, 0.4) is 0 Å². The number of halogens is 1. The van der Waals surface area contributed by atoms with Gasteiger partial charge in [0.15, 0.2) is 11.6 Å². The van der Waals surface area contributed by atoms with Crippen LogP contribution in [0, 0.1) is 65.5 Å². The standard InChI is InChI=1S/C18H19NO2.C18H19NO.C15H17NO.C12H8N2O4.C6H4INO2.C6H8O2/c1-12-10-16-17(19(12)15-6-4-3-5-7-15)9-8-14(18(16)21)11-13(2)20;1-3-7-14-10-11-17-16(18(14)20)12-13(2)19(17)15-8-5-4-6-9-15;1-11-10-13-14(8-5-9-15(13)17)16(11)12-6-3-2-4-7-12;15-13(16)11-5-1-3-9(7-11)10-4-2-6-12(8-10)14(17)18;7-5-2-1-3-6(4-5)8(9)10;7-5-2-1-3-6(8)4-5/h3-7,10,14H,8-9,11H2,1-2H3;3-6,8-9,12,14H,1,7,10-11H2,2H3;2-4,6-7,10,13-14H,5,8-9H2,1H3;1-8H;1-4H;1-4H2. The first-order valence-electron chi connectivity index (χ1n) is 31.3. The van der Waals surface area contributed by atoms with Crippen LogP contribution in [-0.4, -0.2) is 64.6 Å². The maximum atomic E-state index is 12.6. The van der Waals surface area contributed by atoms with Crippen molar-refractivity contribution in [2.45, 2.75) is 117 Å². The van der Waals surface area contributed by atoms with Crippen molar-refractivity contribution >= 4 is 80.0 Å². The molecule has 4 atom stereocenters. The second kappa shape index (κ2) is 33.1. The number of non-ortho nitro benzene ring substituents is 3. The van der Waals surface area contributed by atoms with Crippen LogP contribution in [0.1, 0.15) is 128 Å². The quantitative estimate of drug-likeness (QED) is 0.0385. The van der Waals surface area contributed by atoms with E-state index < -0.39 is 14.8 Å². The second-order valence-corrected chi connectivity index (χ2v) is 24.9. The highest BCUT2D eigenvalue weighted by molar-refractivity contribution is 14.1. The van der Waals surface area contributed by atoms with E-state index in [0.717, 1.165) is 101 Å². The molecule has 2 fully saturated rings. The first-order valence-corrected chi connectivity index (χ1v) is 32.4. The van der Waals surface area contributed by atoms with Gasteiger partial charge in [0.25, 0.3) is 17.1 Å². The van der Waals surface area contributed by atoms with Crippen molar-refractivity contribution in [2.75, 3.05) is 4.90 Å². The monoisotopic (exact) mass is 1380 g/mol. The average Bonchev–Trinajstić information content (AvgIpc) is 1.64. The second-order valence-electron chi connectivity index (χ2n) is 23.7. The molecule has 1 aliphatic heterocycles. The third-order valence-electron chi connectivity index (χ3n) is 17.0. The number of hydrogen-bond acceptors (Lipinski definition) is 13. The molecule has 13 rings (SSSR count). The van der Waals surface area contributed by atoms with Crippen molar-refractivity contribution in [3.05, 3.63) is 268 Å². The third kappa shape index (κ3) is 18.0. The van der Waals surface area contributed by atoms with E-state index in [4.69, 9.17) is 0 Å². The highest BCUT2D eigenvalue weighted by atomic mass is 127. The zero-order valence-electron chi connectivity index (χ0n) is 53.1. The predicted octanol–water partition coefficient (Wildman–Crippen LogP) is 16.8.